The van der Waals surface area contributed by atoms with Gasteiger partial charge in [0.2, 0.25) is 29.1 Å². The van der Waals surface area contributed by atoms with Gasteiger partial charge in [0.05, 0.1) is 33.1 Å². The summed E-state index contributed by atoms with van der Waals surface area (Å²) in [5.41, 5.74) is 3.27. The molecular weight excluding hydrogens is 656 g/mol. The van der Waals surface area contributed by atoms with Crippen molar-refractivity contribution in [3.8, 4) is 39.9 Å². The van der Waals surface area contributed by atoms with Crippen LogP contribution in [0, 0.1) is 0 Å². The molecule has 270 valence electrons. The Morgan fingerprint density at radius 1 is 0.902 bits per heavy atom. The first-order chi connectivity index (χ1) is 24.7. The van der Waals surface area contributed by atoms with Crippen LogP contribution in [0.15, 0.2) is 53.3 Å². The van der Waals surface area contributed by atoms with Gasteiger partial charge in [-0.3, -0.25) is 19.2 Å². The smallest absolute Gasteiger partial charge is 0.267 e. The summed E-state index contributed by atoms with van der Waals surface area (Å²) in [4.78, 5) is 55.5. The number of piperazine rings is 1. The summed E-state index contributed by atoms with van der Waals surface area (Å²) in [5, 5.41) is 6.24. The van der Waals surface area contributed by atoms with E-state index >= 15 is 0 Å². The van der Waals surface area contributed by atoms with Crippen LogP contribution >= 0.6 is 0 Å². The number of para-hydroxylation sites is 2. The van der Waals surface area contributed by atoms with Crippen LogP contribution in [0.5, 0.6) is 28.7 Å². The molecule has 0 aromatic heterocycles. The number of carbonyl (C=O) groups excluding carboxylic acids is 3. The topological polar surface area (TPSA) is 145 Å². The maximum Gasteiger partial charge on any atom is 0.267 e. The molecule has 0 unspecified atom stereocenters. The standard InChI is InChI=1S/C38H44N4O9/c1-23(43)40-27-13-11-24-20-32(47-2)36(48-3)37(49-4)35(24)25-12-14-28(29(44)21-26(25)27)39-15-7-10-34(45)41-16-18-42(19-17-41)38(46)33-22-50-30-8-5-6-9-31(30)51-33/h5-6,8-9,12,14,20-21,27,33H,7,10-11,13,15-19,22H2,1-4H3,(H,39,44)(H,40,43)/t27-,33-/m0/s1. The third-order valence-corrected chi connectivity index (χ3v) is 9.53. The molecule has 2 heterocycles. The van der Waals surface area contributed by atoms with Crippen molar-refractivity contribution in [2.24, 2.45) is 0 Å². The second kappa shape index (κ2) is 15.6. The molecule has 1 saturated heterocycles. The Hall–Kier alpha value is -5.46. The number of hydrogen-bond donors (Lipinski definition) is 2. The van der Waals surface area contributed by atoms with Crippen LogP contribution in [-0.4, -0.2) is 94.3 Å². The van der Waals surface area contributed by atoms with E-state index in [1.54, 1.807) is 55.4 Å². The maximum absolute atomic E-state index is 13.6. The van der Waals surface area contributed by atoms with Crippen LogP contribution in [0.2, 0.25) is 0 Å². The first-order valence-electron chi connectivity index (χ1n) is 17.2. The molecule has 2 aliphatic heterocycles. The number of nitrogens with one attached hydrogen (secondary N) is 2. The summed E-state index contributed by atoms with van der Waals surface area (Å²) in [5.74, 6) is 2.27. The molecule has 3 aromatic carbocycles. The fourth-order valence-electron chi connectivity index (χ4n) is 7.00. The average Bonchev–Trinajstić information content (AvgIpc) is 3.39. The highest BCUT2D eigenvalue weighted by Gasteiger charge is 2.34. The van der Waals surface area contributed by atoms with Crippen molar-refractivity contribution in [1.29, 1.82) is 0 Å². The van der Waals surface area contributed by atoms with Gasteiger partial charge in [0, 0.05) is 51.6 Å². The summed E-state index contributed by atoms with van der Waals surface area (Å²) in [6.07, 6.45) is 1.25. The molecule has 1 aliphatic carbocycles. The van der Waals surface area contributed by atoms with Gasteiger partial charge < -0.3 is 44.1 Å². The molecule has 3 aliphatic rings. The van der Waals surface area contributed by atoms with Crippen LogP contribution in [-0.2, 0) is 20.8 Å². The Labute approximate surface area is 296 Å². The zero-order valence-electron chi connectivity index (χ0n) is 29.4. The normalized spacial score (nSPS) is 17.6. The van der Waals surface area contributed by atoms with E-state index in [0.29, 0.717) is 92.0 Å². The lowest BCUT2D eigenvalue weighted by molar-refractivity contribution is -0.146. The van der Waals surface area contributed by atoms with E-state index in [-0.39, 0.29) is 36.2 Å². The van der Waals surface area contributed by atoms with Crippen LogP contribution in [0.25, 0.3) is 11.1 Å². The van der Waals surface area contributed by atoms with Crippen molar-refractivity contribution >= 4 is 23.4 Å². The second-order valence-corrected chi connectivity index (χ2v) is 12.7. The molecule has 3 aromatic rings. The van der Waals surface area contributed by atoms with Gasteiger partial charge in [-0.25, -0.2) is 0 Å². The van der Waals surface area contributed by atoms with Crippen LogP contribution < -0.4 is 39.7 Å². The molecule has 0 spiro atoms. The summed E-state index contributed by atoms with van der Waals surface area (Å²) in [6, 6.07) is 13.9. The van der Waals surface area contributed by atoms with E-state index in [2.05, 4.69) is 10.6 Å². The van der Waals surface area contributed by atoms with Gasteiger partial charge >= 0.3 is 0 Å². The highest BCUT2D eigenvalue weighted by atomic mass is 16.6. The highest BCUT2D eigenvalue weighted by molar-refractivity contribution is 5.84. The van der Waals surface area contributed by atoms with Crippen molar-refractivity contribution in [3.05, 3.63) is 69.9 Å². The summed E-state index contributed by atoms with van der Waals surface area (Å²) < 4.78 is 28.7. The Balaban J connectivity index is 1.09. The molecule has 3 amide bonds. The highest BCUT2D eigenvalue weighted by Crippen LogP contribution is 2.50. The van der Waals surface area contributed by atoms with Gasteiger partial charge in [-0.2, -0.15) is 0 Å². The van der Waals surface area contributed by atoms with E-state index in [0.717, 1.165) is 16.7 Å². The van der Waals surface area contributed by atoms with E-state index in [1.807, 2.05) is 24.3 Å². The van der Waals surface area contributed by atoms with Crippen LogP contribution in [0.3, 0.4) is 0 Å². The number of benzene rings is 2. The molecular formula is C38H44N4O9. The van der Waals surface area contributed by atoms with Crippen molar-refractivity contribution in [3.63, 3.8) is 0 Å². The Morgan fingerprint density at radius 2 is 1.63 bits per heavy atom. The number of amides is 3. The lowest BCUT2D eigenvalue weighted by Gasteiger charge is -2.37. The van der Waals surface area contributed by atoms with Gasteiger partial charge in [0.15, 0.2) is 23.0 Å². The molecule has 0 saturated carbocycles. The third-order valence-electron chi connectivity index (χ3n) is 9.53. The number of anilines is 1. The van der Waals surface area contributed by atoms with Crippen LogP contribution in [0.4, 0.5) is 5.69 Å². The minimum atomic E-state index is -0.715. The van der Waals surface area contributed by atoms with Gasteiger partial charge in [0.1, 0.15) is 6.61 Å². The lowest BCUT2D eigenvalue weighted by atomic mass is 9.95. The third kappa shape index (κ3) is 7.52. The molecule has 6 rings (SSSR count). The zero-order valence-corrected chi connectivity index (χ0v) is 29.4. The zero-order chi connectivity index (χ0) is 36.1. The summed E-state index contributed by atoms with van der Waals surface area (Å²) in [6.45, 7) is 3.71. The minimum Gasteiger partial charge on any atom is -0.493 e. The minimum absolute atomic E-state index is 0.00557. The van der Waals surface area contributed by atoms with Crippen molar-refractivity contribution in [1.82, 2.24) is 15.1 Å². The Morgan fingerprint density at radius 3 is 2.33 bits per heavy atom. The Bertz CT molecular complexity index is 1860. The summed E-state index contributed by atoms with van der Waals surface area (Å²) >= 11 is 0. The van der Waals surface area contributed by atoms with Crippen molar-refractivity contribution in [2.45, 2.75) is 44.8 Å². The molecule has 0 radical (unpaired) electrons. The van der Waals surface area contributed by atoms with E-state index in [4.69, 9.17) is 23.7 Å². The average molecular weight is 701 g/mol. The van der Waals surface area contributed by atoms with E-state index in [1.165, 1.54) is 6.92 Å². The molecule has 2 N–H and O–H groups in total. The van der Waals surface area contributed by atoms with Gasteiger partial charge in [-0.05, 0) is 66.3 Å². The number of rotatable bonds is 10. The number of nitrogens with zero attached hydrogens (tertiary/aromatic N) is 2. The predicted octanol–water partition coefficient (Wildman–Crippen LogP) is 3.57. The van der Waals surface area contributed by atoms with Crippen LogP contribution in [0.1, 0.15) is 43.4 Å². The molecule has 0 bridgehead atoms. The summed E-state index contributed by atoms with van der Waals surface area (Å²) in [7, 11) is 4.67. The number of ether oxygens (including phenoxy) is 5. The van der Waals surface area contributed by atoms with Gasteiger partial charge in [-0.1, -0.05) is 18.2 Å². The second-order valence-electron chi connectivity index (χ2n) is 12.7. The van der Waals surface area contributed by atoms with Crippen molar-refractivity contribution in [2.75, 3.05) is 66.0 Å². The molecule has 2 atom stereocenters. The fourth-order valence-corrected chi connectivity index (χ4v) is 7.00. The first kappa shape index (κ1) is 35.4. The van der Waals surface area contributed by atoms with Crippen molar-refractivity contribution < 1.29 is 38.1 Å². The number of hydrogen-bond acceptors (Lipinski definition) is 10. The van der Waals surface area contributed by atoms with Gasteiger partial charge in [0.25, 0.3) is 5.91 Å². The monoisotopic (exact) mass is 700 g/mol. The first-order valence-corrected chi connectivity index (χ1v) is 17.2. The number of fused-ring (bicyclic) bond motifs is 4. The maximum atomic E-state index is 13.6. The van der Waals surface area contributed by atoms with E-state index < -0.39 is 12.1 Å². The quantitative estimate of drug-likeness (QED) is 0.301. The number of aryl methyl sites for hydroxylation is 1. The fraction of sp³-hybridized carbons (Fsp3) is 0.421. The Kier molecular flexibility index (Phi) is 10.8. The SMILES string of the molecule is COc1cc2c(c(OC)c1OC)-c1ccc(NCCCC(=O)N3CCN(C(=O)[C@@H]4COc5ccccc5O4)CC3)c(=O)cc1[C@@H](NC(C)=O)CC2. The molecule has 13 nitrogen and oxygen atoms in total. The molecule has 51 heavy (non-hydrogen) atoms. The lowest BCUT2D eigenvalue weighted by Crippen LogP contribution is -2.55. The molecule has 1 fully saturated rings. The predicted molar refractivity (Wildman–Crippen MR) is 190 cm³/mol. The number of carbonyl (C=O) groups is 3. The molecule has 13 heteroatoms. The van der Waals surface area contributed by atoms with Gasteiger partial charge in [-0.15, -0.1) is 0 Å². The van der Waals surface area contributed by atoms with E-state index in [9.17, 15) is 19.2 Å². The number of methoxy groups -OCH3 is 3. The largest absolute Gasteiger partial charge is 0.493 e.